The van der Waals surface area contributed by atoms with Gasteiger partial charge in [0.2, 0.25) is 0 Å². The average Bonchev–Trinajstić information content (AvgIpc) is 2.32. The van der Waals surface area contributed by atoms with E-state index in [1.807, 2.05) is 0 Å². The van der Waals surface area contributed by atoms with Crippen LogP contribution in [0, 0.1) is 11.8 Å². The molecule has 2 heteroatoms. The van der Waals surface area contributed by atoms with Gasteiger partial charge in [-0.05, 0) is 49.6 Å². The fourth-order valence-electron chi connectivity index (χ4n) is 2.68. The monoisotopic (exact) mass is 223 g/mol. The Morgan fingerprint density at radius 2 is 2.19 bits per heavy atom. The highest BCUT2D eigenvalue weighted by atomic mass is 16.5. The first kappa shape index (κ1) is 12.1. The zero-order chi connectivity index (χ0) is 11.4. The van der Waals surface area contributed by atoms with Gasteiger partial charge in [-0.3, -0.25) is 0 Å². The first-order chi connectivity index (χ1) is 7.75. The van der Waals surface area contributed by atoms with E-state index in [1.165, 1.54) is 31.3 Å². The molecule has 1 aliphatic heterocycles. The molecule has 0 amide bonds. The molecule has 92 valence electrons. The SMILES string of the molecule is CC1CCC(OCC2=CCNCC2)CC1C. The summed E-state index contributed by atoms with van der Waals surface area (Å²) >= 11 is 0. The van der Waals surface area contributed by atoms with Crippen LogP contribution in [0.1, 0.15) is 39.5 Å². The predicted octanol–water partition coefficient (Wildman–Crippen LogP) is 2.75. The predicted molar refractivity (Wildman–Crippen MR) is 67.5 cm³/mol. The van der Waals surface area contributed by atoms with Gasteiger partial charge in [-0.15, -0.1) is 0 Å². The summed E-state index contributed by atoms with van der Waals surface area (Å²) in [7, 11) is 0. The Bertz CT molecular complexity index is 249. The fourth-order valence-corrected chi connectivity index (χ4v) is 2.68. The zero-order valence-corrected chi connectivity index (χ0v) is 10.7. The van der Waals surface area contributed by atoms with Crippen molar-refractivity contribution in [2.75, 3.05) is 19.7 Å². The molecule has 0 saturated heterocycles. The van der Waals surface area contributed by atoms with Crippen LogP contribution >= 0.6 is 0 Å². The van der Waals surface area contributed by atoms with Crippen molar-refractivity contribution >= 4 is 0 Å². The number of ether oxygens (including phenoxy) is 1. The van der Waals surface area contributed by atoms with E-state index < -0.39 is 0 Å². The third kappa shape index (κ3) is 3.33. The number of hydrogen-bond acceptors (Lipinski definition) is 2. The van der Waals surface area contributed by atoms with Crippen LogP contribution in [-0.2, 0) is 4.74 Å². The summed E-state index contributed by atoms with van der Waals surface area (Å²) in [4.78, 5) is 0. The second-order valence-corrected chi connectivity index (χ2v) is 5.52. The molecular formula is C14H25NO. The molecule has 2 aliphatic rings. The molecule has 1 N–H and O–H groups in total. The molecule has 0 aromatic heterocycles. The van der Waals surface area contributed by atoms with Crippen molar-refractivity contribution in [1.82, 2.24) is 5.32 Å². The maximum Gasteiger partial charge on any atom is 0.0681 e. The minimum atomic E-state index is 0.516. The minimum Gasteiger partial charge on any atom is -0.374 e. The summed E-state index contributed by atoms with van der Waals surface area (Å²) in [5, 5.41) is 3.33. The van der Waals surface area contributed by atoms with Gasteiger partial charge in [0.25, 0.3) is 0 Å². The van der Waals surface area contributed by atoms with Gasteiger partial charge in [0.05, 0.1) is 12.7 Å². The van der Waals surface area contributed by atoms with Crippen molar-refractivity contribution in [2.24, 2.45) is 11.8 Å². The zero-order valence-electron chi connectivity index (χ0n) is 10.7. The third-order valence-electron chi connectivity index (χ3n) is 4.21. The Kier molecular flexibility index (Phi) is 4.42. The molecule has 0 radical (unpaired) electrons. The molecule has 2 rings (SSSR count). The molecular weight excluding hydrogens is 198 g/mol. The van der Waals surface area contributed by atoms with Crippen LogP contribution in [0.2, 0.25) is 0 Å². The molecule has 3 atom stereocenters. The molecule has 0 bridgehead atoms. The standard InChI is InChI=1S/C14H25NO/c1-11-3-4-14(9-12(11)2)16-10-13-5-7-15-8-6-13/h5,11-12,14-15H,3-4,6-10H2,1-2H3. The molecule has 2 nitrogen and oxygen atoms in total. The van der Waals surface area contributed by atoms with Gasteiger partial charge in [-0.1, -0.05) is 19.9 Å². The number of hydrogen-bond donors (Lipinski definition) is 1. The van der Waals surface area contributed by atoms with Crippen molar-refractivity contribution in [3.8, 4) is 0 Å². The van der Waals surface area contributed by atoms with Gasteiger partial charge in [0.15, 0.2) is 0 Å². The summed E-state index contributed by atoms with van der Waals surface area (Å²) in [6.45, 7) is 7.75. The minimum absolute atomic E-state index is 0.516. The lowest BCUT2D eigenvalue weighted by molar-refractivity contribution is 0.0131. The van der Waals surface area contributed by atoms with Crippen molar-refractivity contribution < 1.29 is 4.74 Å². The van der Waals surface area contributed by atoms with Gasteiger partial charge in [-0.2, -0.15) is 0 Å². The first-order valence-electron chi connectivity index (χ1n) is 6.76. The maximum atomic E-state index is 6.05. The topological polar surface area (TPSA) is 21.3 Å². The second kappa shape index (κ2) is 5.83. The summed E-state index contributed by atoms with van der Waals surface area (Å²) < 4.78 is 6.05. The Hall–Kier alpha value is -0.340. The van der Waals surface area contributed by atoms with Gasteiger partial charge < -0.3 is 10.1 Å². The highest BCUT2D eigenvalue weighted by Gasteiger charge is 2.25. The van der Waals surface area contributed by atoms with Crippen LogP contribution in [0.25, 0.3) is 0 Å². The van der Waals surface area contributed by atoms with Crippen LogP contribution in [0.15, 0.2) is 11.6 Å². The van der Waals surface area contributed by atoms with E-state index in [2.05, 4.69) is 25.2 Å². The fraction of sp³-hybridized carbons (Fsp3) is 0.857. The van der Waals surface area contributed by atoms with Crippen LogP contribution < -0.4 is 5.32 Å². The van der Waals surface area contributed by atoms with Gasteiger partial charge in [0, 0.05) is 6.54 Å². The van der Waals surface area contributed by atoms with Gasteiger partial charge in [-0.25, -0.2) is 0 Å². The van der Waals surface area contributed by atoms with Gasteiger partial charge in [0.1, 0.15) is 0 Å². The Morgan fingerprint density at radius 3 is 2.88 bits per heavy atom. The first-order valence-corrected chi connectivity index (χ1v) is 6.76. The third-order valence-corrected chi connectivity index (χ3v) is 4.21. The highest BCUT2D eigenvalue weighted by molar-refractivity contribution is 5.07. The second-order valence-electron chi connectivity index (χ2n) is 5.52. The lowest BCUT2D eigenvalue weighted by Crippen LogP contribution is -2.28. The summed E-state index contributed by atoms with van der Waals surface area (Å²) in [5.74, 6) is 1.72. The molecule has 1 fully saturated rings. The maximum absolute atomic E-state index is 6.05. The largest absolute Gasteiger partial charge is 0.374 e. The molecule has 1 aliphatic carbocycles. The molecule has 0 aromatic rings. The molecule has 1 heterocycles. The average molecular weight is 223 g/mol. The molecule has 1 saturated carbocycles. The quantitative estimate of drug-likeness (QED) is 0.743. The smallest absolute Gasteiger partial charge is 0.0681 e. The van der Waals surface area contributed by atoms with E-state index in [9.17, 15) is 0 Å². The van der Waals surface area contributed by atoms with E-state index in [0.717, 1.165) is 31.5 Å². The lowest BCUT2D eigenvalue weighted by atomic mass is 9.80. The van der Waals surface area contributed by atoms with Gasteiger partial charge >= 0.3 is 0 Å². The van der Waals surface area contributed by atoms with Crippen LogP contribution in [0.4, 0.5) is 0 Å². The van der Waals surface area contributed by atoms with Crippen LogP contribution in [0.3, 0.4) is 0 Å². The highest BCUT2D eigenvalue weighted by Crippen LogP contribution is 2.31. The number of nitrogens with one attached hydrogen (secondary N) is 1. The molecule has 16 heavy (non-hydrogen) atoms. The van der Waals surface area contributed by atoms with Crippen molar-refractivity contribution in [2.45, 2.75) is 45.6 Å². The Labute approximate surface area is 99.4 Å². The van der Waals surface area contributed by atoms with Crippen molar-refractivity contribution in [3.63, 3.8) is 0 Å². The van der Waals surface area contributed by atoms with Crippen molar-refractivity contribution in [1.29, 1.82) is 0 Å². The molecule has 0 spiro atoms. The van der Waals surface area contributed by atoms with Crippen LogP contribution in [-0.4, -0.2) is 25.8 Å². The summed E-state index contributed by atoms with van der Waals surface area (Å²) in [6, 6.07) is 0. The molecule has 3 unspecified atom stereocenters. The van der Waals surface area contributed by atoms with E-state index in [-0.39, 0.29) is 0 Å². The van der Waals surface area contributed by atoms with E-state index >= 15 is 0 Å². The van der Waals surface area contributed by atoms with Crippen molar-refractivity contribution in [3.05, 3.63) is 11.6 Å². The Morgan fingerprint density at radius 1 is 1.31 bits per heavy atom. The normalized spacial score (nSPS) is 35.9. The summed E-state index contributed by atoms with van der Waals surface area (Å²) in [5.41, 5.74) is 1.49. The molecule has 0 aromatic carbocycles. The van der Waals surface area contributed by atoms with E-state index in [4.69, 9.17) is 4.74 Å². The van der Waals surface area contributed by atoms with E-state index in [1.54, 1.807) is 0 Å². The van der Waals surface area contributed by atoms with Crippen LogP contribution in [0.5, 0.6) is 0 Å². The lowest BCUT2D eigenvalue weighted by Gasteiger charge is -2.32. The summed E-state index contributed by atoms with van der Waals surface area (Å²) in [6.07, 6.45) is 7.83. The Balaban J connectivity index is 1.71. The van der Waals surface area contributed by atoms with E-state index in [0.29, 0.717) is 6.10 Å². The number of rotatable bonds is 3.